The molecular weight excluding hydrogens is 853 g/mol. The van der Waals surface area contributed by atoms with Crippen LogP contribution in [0.5, 0.6) is 0 Å². The van der Waals surface area contributed by atoms with Crippen LogP contribution in [0.2, 0.25) is 0 Å². The summed E-state index contributed by atoms with van der Waals surface area (Å²) in [6.45, 7) is 2.30. The molecule has 11 atom stereocenters. The van der Waals surface area contributed by atoms with E-state index in [9.17, 15) is 45.3 Å². The molecule has 0 unspecified atom stereocenters. The van der Waals surface area contributed by atoms with Crippen molar-refractivity contribution in [2.45, 2.75) is 210 Å². The number of carbonyl (C=O) groups excluding carboxylic acids is 2. The van der Waals surface area contributed by atoms with Crippen molar-refractivity contribution in [1.29, 1.82) is 0 Å². The fraction of sp³-hybridized carbons (Fsp3) is 0.725. The molecular formula is C51H84O15. The minimum Gasteiger partial charge on any atom is -0.462 e. The lowest BCUT2D eigenvalue weighted by atomic mass is 9.98. The Hall–Kier alpha value is -3.06. The number of hydrogen-bond acceptors (Lipinski definition) is 15. The standard InChI is InChI=1S/C51H84O15/c1-3-5-7-9-11-13-15-17-19-21-23-25-27-29-31-33-42(53)61-36-39(64-43(54)34-32-30-28-26-24-22-20-18-16-14-12-10-8-6-4-2)37-62-50-49(60)47(58)45(56)41(66-50)38-63-51-48(59)46(57)44(55)40(35-52)65-51/h5-8,11-14,17-20,39-41,44-52,55-60H,3-4,9-10,15-16,21-38H2,1-2H3/b7-5-,8-6-,13-11-,14-12-,19-17-,20-18-/t39-,40+,41+,44-,45-,46-,47-,48+,49+,50+,51-/m0/s1. The Kier molecular flexibility index (Phi) is 33.9. The highest BCUT2D eigenvalue weighted by molar-refractivity contribution is 5.70. The predicted molar refractivity (Wildman–Crippen MR) is 252 cm³/mol. The molecule has 2 fully saturated rings. The molecule has 378 valence electrons. The summed E-state index contributed by atoms with van der Waals surface area (Å²) in [7, 11) is 0. The summed E-state index contributed by atoms with van der Waals surface area (Å²) < 4.78 is 33.5. The van der Waals surface area contributed by atoms with Crippen LogP contribution in [0.4, 0.5) is 0 Å². The van der Waals surface area contributed by atoms with Crippen molar-refractivity contribution in [3.63, 3.8) is 0 Å². The van der Waals surface area contributed by atoms with Crippen molar-refractivity contribution in [3.8, 4) is 0 Å². The van der Waals surface area contributed by atoms with Gasteiger partial charge in [-0.25, -0.2) is 0 Å². The predicted octanol–water partition coefficient (Wildman–Crippen LogP) is 6.26. The van der Waals surface area contributed by atoms with Crippen molar-refractivity contribution < 1.29 is 73.8 Å². The van der Waals surface area contributed by atoms with E-state index in [1.54, 1.807) is 0 Å². The van der Waals surface area contributed by atoms with Gasteiger partial charge < -0.3 is 64.2 Å². The van der Waals surface area contributed by atoms with Gasteiger partial charge in [-0.3, -0.25) is 9.59 Å². The van der Waals surface area contributed by atoms with E-state index in [2.05, 4.69) is 86.8 Å². The Labute approximate surface area is 393 Å². The molecule has 0 spiro atoms. The first-order valence-electron chi connectivity index (χ1n) is 24.5. The van der Waals surface area contributed by atoms with Crippen molar-refractivity contribution in [2.24, 2.45) is 0 Å². The van der Waals surface area contributed by atoms with Gasteiger partial charge in [-0.1, -0.05) is 125 Å². The van der Waals surface area contributed by atoms with Gasteiger partial charge in [0.1, 0.15) is 55.4 Å². The summed E-state index contributed by atoms with van der Waals surface area (Å²) in [5.74, 6) is -0.973. The van der Waals surface area contributed by atoms with Crippen LogP contribution in [0.3, 0.4) is 0 Å². The molecule has 0 saturated carbocycles. The Morgan fingerprint density at radius 1 is 0.485 bits per heavy atom. The second-order valence-electron chi connectivity index (χ2n) is 16.9. The van der Waals surface area contributed by atoms with Gasteiger partial charge in [0.05, 0.1) is 19.8 Å². The number of allylic oxidation sites excluding steroid dienone is 12. The third kappa shape index (κ3) is 25.9. The van der Waals surface area contributed by atoms with Crippen LogP contribution in [-0.2, 0) is 38.0 Å². The van der Waals surface area contributed by atoms with Gasteiger partial charge in [0.2, 0.25) is 0 Å². The third-order valence-corrected chi connectivity index (χ3v) is 11.2. The minimum atomic E-state index is -1.77. The number of rotatable bonds is 36. The van der Waals surface area contributed by atoms with Crippen LogP contribution in [-0.4, -0.2) is 142 Å². The highest BCUT2D eigenvalue weighted by Crippen LogP contribution is 2.26. The van der Waals surface area contributed by atoms with E-state index in [-0.39, 0.29) is 19.4 Å². The molecule has 2 heterocycles. The molecule has 0 aromatic heterocycles. The van der Waals surface area contributed by atoms with Gasteiger partial charge in [0.25, 0.3) is 0 Å². The van der Waals surface area contributed by atoms with E-state index in [1.165, 1.54) is 0 Å². The fourth-order valence-electron chi connectivity index (χ4n) is 7.18. The first kappa shape index (κ1) is 59.1. The Morgan fingerprint density at radius 2 is 0.909 bits per heavy atom. The molecule has 2 saturated heterocycles. The van der Waals surface area contributed by atoms with Crippen LogP contribution in [0.25, 0.3) is 0 Å². The second kappa shape index (κ2) is 37.9. The summed E-state index contributed by atoms with van der Waals surface area (Å²) in [6.07, 6.45) is 26.5. The summed E-state index contributed by atoms with van der Waals surface area (Å²) in [5.41, 5.74) is 0. The van der Waals surface area contributed by atoms with Gasteiger partial charge in [-0.15, -0.1) is 0 Å². The molecule has 0 amide bonds. The maximum Gasteiger partial charge on any atom is 0.306 e. The Balaban J connectivity index is 1.84. The number of unbranched alkanes of at least 4 members (excludes halogenated alkanes) is 10. The molecule has 0 bridgehead atoms. The van der Waals surface area contributed by atoms with Crippen molar-refractivity contribution in [1.82, 2.24) is 0 Å². The van der Waals surface area contributed by atoms with E-state index < -0.39 is 99.3 Å². The van der Waals surface area contributed by atoms with Gasteiger partial charge in [-0.05, 0) is 77.0 Å². The summed E-state index contributed by atoms with van der Waals surface area (Å²) in [5, 5.41) is 72.0. The molecule has 15 heteroatoms. The molecule has 15 nitrogen and oxygen atoms in total. The number of esters is 2. The maximum atomic E-state index is 13.0. The molecule has 7 N–H and O–H groups in total. The number of carbonyl (C=O) groups is 2. The number of aliphatic hydroxyl groups is 7. The monoisotopic (exact) mass is 937 g/mol. The average Bonchev–Trinajstić information content (AvgIpc) is 3.31. The Bertz CT molecular complexity index is 1430. The van der Waals surface area contributed by atoms with Crippen LogP contribution >= 0.6 is 0 Å². The van der Waals surface area contributed by atoms with Crippen molar-refractivity contribution >= 4 is 11.9 Å². The van der Waals surface area contributed by atoms with Crippen molar-refractivity contribution in [3.05, 3.63) is 72.9 Å². The number of aliphatic hydroxyl groups excluding tert-OH is 7. The van der Waals surface area contributed by atoms with E-state index >= 15 is 0 Å². The molecule has 0 radical (unpaired) electrons. The summed E-state index contributed by atoms with van der Waals surface area (Å²) in [4.78, 5) is 25.7. The molecule has 0 aliphatic carbocycles. The molecule has 66 heavy (non-hydrogen) atoms. The van der Waals surface area contributed by atoms with E-state index in [4.69, 9.17) is 28.4 Å². The quantitative estimate of drug-likeness (QED) is 0.0209. The highest BCUT2D eigenvalue weighted by Gasteiger charge is 2.47. The molecule has 2 aliphatic rings. The Morgan fingerprint density at radius 3 is 1.42 bits per heavy atom. The van der Waals surface area contributed by atoms with Crippen LogP contribution in [0, 0.1) is 0 Å². The van der Waals surface area contributed by atoms with Crippen LogP contribution < -0.4 is 0 Å². The summed E-state index contributed by atoms with van der Waals surface area (Å²) in [6, 6.07) is 0. The topological polar surface area (TPSA) is 231 Å². The van der Waals surface area contributed by atoms with E-state index in [0.29, 0.717) is 12.8 Å². The molecule has 0 aromatic rings. The second-order valence-corrected chi connectivity index (χ2v) is 16.9. The average molecular weight is 937 g/mol. The van der Waals surface area contributed by atoms with Gasteiger partial charge in [0, 0.05) is 12.8 Å². The highest BCUT2D eigenvalue weighted by atomic mass is 16.7. The van der Waals surface area contributed by atoms with Gasteiger partial charge >= 0.3 is 11.9 Å². The first-order chi connectivity index (χ1) is 32.0. The van der Waals surface area contributed by atoms with Gasteiger partial charge in [0.15, 0.2) is 18.7 Å². The van der Waals surface area contributed by atoms with E-state index in [0.717, 1.165) is 103 Å². The lowest BCUT2D eigenvalue weighted by Crippen LogP contribution is -2.61. The van der Waals surface area contributed by atoms with Crippen LogP contribution in [0.15, 0.2) is 72.9 Å². The smallest absolute Gasteiger partial charge is 0.306 e. The lowest BCUT2D eigenvalue weighted by molar-refractivity contribution is -0.332. The van der Waals surface area contributed by atoms with Gasteiger partial charge in [-0.2, -0.15) is 0 Å². The maximum absolute atomic E-state index is 13.0. The number of ether oxygens (including phenoxy) is 6. The molecule has 2 rings (SSSR count). The lowest BCUT2D eigenvalue weighted by Gasteiger charge is -2.42. The normalized spacial score (nSPS) is 26.8. The SMILES string of the molecule is CC/C=C\C/C=C\C/C=C\CCCCCCCC(=O)OC[C@@H](CO[C@@H]1O[C@H](CO[C@H]2O[C@H](CO)[C@H](O)[C@H](O)[C@H]2O)[C@H](O)[C@H](O)[C@H]1O)OC(=O)CCCCCCC/C=C\C/C=C\C/C=C\CC. The zero-order chi connectivity index (χ0) is 48.2. The molecule has 0 aromatic carbocycles. The van der Waals surface area contributed by atoms with Crippen molar-refractivity contribution in [2.75, 3.05) is 26.4 Å². The summed E-state index contributed by atoms with van der Waals surface area (Å²) >= 11 is 0. The minimum absolute atomic E-state index is 0.138. The van der Waals surface area contributed by atoms with Crippen LogP contribution in [0.1, 0.15) is 142 Å². The molecule has 2 aliphatic heterocycles. The zero-order valence-corrected chi connectivity index (χ0v) is 39.6. The van der Waals surface area contributed by atoms with E-state index in [1.807, 2.05) is 0 Å². The largest absolute Gasteiger partial charge is 0.462 e. The fourth-order valence-corrected chi connectivity index (χ4v) is 7.18. The zero-order valence-electron chi connectivity index (χ0n) is 39.6. The first-order valence-corrected chi connectivity index (χ1v) is 24.5. The third-order valence-electron chi connectivity index (χ3n) is 11.2. The number of hydrogen-bond donors (Lipinski definition) is 7.